The Kier molecular flexibility index (Phi) is 4.29. The number of carboxylic acid groups (broad SMARTS) is 1. The van der Waals surface area contributed by atoms with Gasteiger partial charge >= 0.3 is 5.97 Å². The summed E-state index contributed by atoms with van der Waals surface area (Å²) in [5.74, 6) is -1.89. The predicted molar refractivity (Wildman–Crippen MR) is 103 cm³/mol. The molecule has 4 aromatic rings. The molecule has 0 fully saturated rings. The normalized spacial score (nSPS) is 10.6. The number of nitrogens with zero attached hydrogens (tertiary/aromatic N) is 6. The van der Waals surface area contributed by atoms with Crippen molar-refractivity contribution in [3.05, 3.63) is 78.0 Å². The Hall–Kier alpha value is -4.45. The van der Waals surface area contributed by atoms with E-state index >= 15 is 0 Å². The molecule has 0 aliphatic rings. The second-order valence-corrected chi connectivity index (χ2v) is 6.19. The van der Waals surface area contributed by atoms with Crippen molar-refractivity contribution in [2.75, 3.05) is 4.90 Å². The number of para-hydroxylation sites is 1. The van der Waals surface area contributed by atoms with E-state index in [-0.39, 0.29) is 16.8 Å². The van der Waals surface area contributed by atoms with E-state index in [1.54, 1.807) is 59.4 Å². The highest BCUT2D eigenvalue weighted by molar-refractivity contribution is 6.14. The largest absolute Gasteiger partial charge is 0.478 e. The summed E-state index contributed by atoms with van der Waals surface area (Å²) in [5.41, 5.74) is 1.21. The monoisotopic (exact) mass is 386 g/mol. The molecule has 9 heteroatoms. The molecule has 0 aliphatic heterocycles. The zero-order chi connectivity index (χ0) is 20.5. The quantitative estimate of drug-likeness (QED) is 0.576. The molecule has 1 aromatic carbocycles. The minimum atomic E-state index is -1.27. The first kappa shape index (κ1) is 17.9. The molecule has 0 saturated carbocycles. The first-order chi connectivity index (χ1) is 14.0. The number of carbonyl (C=O) groups excluding carboxylic acids is 1. The van der Waals surface area contributed by atoms with Crippen LogP contribution in [0.1, 0.15) is 26.4 Å². The molecule has 0 unspecified atom stereocenters. The zero-order valence-corrected chi connectivity index (χ0v) is 15.2. The third-order valence-corrected chi connectivity index (χ3v) is 4.46. The van der Waals surface area contributed by atoms with Crippen LogP contribution < -0.4 is 4.90 Å². The van der Waals surface area contributed by atoms with Crippen molar-refractivity contribution in [1.82, 2.24) is 19.2 Å². The molecular weight excluding hydrogens is 372 g/mol. The molecule has 142 valence electrons. The lowest BCUT2D eigenvalue weighted by atomic mass is 10.1. The highest BCUT2D eigenvalue weighted by Gasteiger charge is 2.30. The highest BCUT2D eigenvalue weighted by atomic mass is 16.4. The predicted octanol–water partition coefficient (Wildman–Crippen LogP) is 2.62. The standard InChI is InChI=1S/C20H14N6O3/c1-24-18(15(11-23-24)20(28)29)19(27)26(14-5-3-2-4-6-14)16-9-17-22-7-8-25(17)12-13(16)10-21/h2-9,11-12H,1H3,(H,28,29). The molecule has 3 heterocycles. The molecule has 9 nitrogen and oxygen atoms in total. The summed E-state index contributed by atoms with van der Waals surface area (Å²) in [5, 5.41) is 23.1. The van der Waals surface area contributed by atoms with Gasteiger partial charge in [0, 0.05) is 37.4 Å². The topological polar surface area (TPSA) is 117 Å². The summed E-state index contributed by atoms with van der Waals surface area (Å²) >= 11 is 0. The third kappa shape index (κ3) is 2.98. The Balaban J connectivity index is 1.98. The lowest BCUT2D eigenvalue weighted by Crippen LogP contribution is -2.30. The summed E-state index contributed by atoms with van der Waals surface area (Å²) in [6, 6.07) is 12.4. The Labute approximate surface area is 164 Å². The second-order valence-electron chi connectivity index (χ2n) is 6.19. The number of aromatic nitrogens is 4. The average Bonchev–Trinajstić information content (AvgIpc) is 3.34. The summed E-state index contributed by atoms with van der Waals surface area (Å²) in [7, 11) is 1.49. The number of hydrogen-bond acceptors (Lipinski definition) is 5. The van der Waals surface area contributed by atoms with E-state index in [0.717, 1.165) is 6.20 Å². The first-order valence-electron chi connectivity index (χ1n) is 8.53. The van der Waals surface area contributed by atoms with Crippen LogP contribution in [0.2, 0.25) is 0 Å². The summed E-state index contributed by atoms with van der Waals surface area (Å²) in [6.45, 7) is 0. The number of carboxylic acids is 1. The van der Waals surface area contributed by atoms with Crippen LogP contribution in [0.4, 0.5) is 11.4 Å². The lowest BCUT2D eigenvalue weighted by Gasteiger charge is -2.24. The van der Waals surface area contributed by atoms with Crippen molar-refractivity contribution in [2.24, 2.45) is 7.05 Å². The molecule has 4 rings (SSSR count). The number of rotatable bonds is 4. The van der Waals surface area contributed by atoms with Crippen molar-refractivity contribution in [3.63, 3.8) is 0 Å². The van der Waals surface area contributed by atoms with Crippen LogP contribution in [0, 0.1) is 11.3 Å². The molecule has 0 radical (unpaired) electrons. The molecule has 0 saturated heterocycles. The molecule has 1 amide bonds. The van der Waals surface area contributed by atoms with Crippen LogP contribution in [0.5, 0.6) is 0 Å². The Morgan fingerprint density at radius 1 is 1.24 bits per heavy atom. The van der Waals surface area contributed by atoms with Crippen molar-refractivity contribution in [1.29, 1.82) is 5.26 Å². The molecule has 3 aromatic heterocycles. The second kappa shape index (κ2) is 6.94. The molecular formula is C20H14N6O3. The maximum Gasteiger partial charge on any atom is 0.339 e. The molecule has 1 N–H and O–H groups in total. The van der Waals surface area contributed by atoms with Crippen LogP contribution in [0.3, 0.4) is 0 Å². The van der Waals surface area contributed by atoms with Crippen LogP contribution in [0.15, 0.2) is 61.2 Å². The molecule has 0 aliphatic carbocycles. The summed E-state index contributed by atoms with van der Waals surface area (Å²) < 4.78 is 2.88. The Morgan fingerprint density at radius 2 is 2.00 bits per heavy atom. The first-order valence-corrected chi connectivity index (χ1v) is 8.53. The van der Waals surface area contributed by atoms with Gasteiger partial charge in [-0.3, -0.25) is 14.4 Å². The van der Waals surface area contributed by atoms with Gasteiger partial charge in [-0.15, -0.1) is 0 Å². The van der Waals surface area contributed by atoms with Gasteiger partial charge in [-0.1, -0.05) is 18.2 Å². The SMILES string of the molecule is Cn1ncc(C(=O)O)c1C(=O)N(c1ccccc1)c1cc2nccn2cc1C#N. The van der Waals surface area contributed by atoms with Gasteiger partial charge in [-0.05, 0) is 12.1 Å². The van der Waals surface area contributed by atoms with Crippen LogP contribution in [-0.2, 0) is 7.05 Å². The maximum absolute atomic E-state index is 13.6. The molecule has 0 spiro atoms. The highest BCUT2D eigenvalue weighted by Crippen LogP contribution is 2.31. The number of imidazole rings is 1. The van der Waals surface area contributed by atoms with Crippen LogP contribution >= 0.6 is 0 Å². The van der Waals surface area contributed by atoms with Gasteiger partial charge in [0.2, 0.25) is 0 Å². The van der Waals surface area contributed by atoms with E-state index in [9.17, 15) is 20.0 Å². The van der Waals surface area contributed by atoms with E-state index in [1.165, 1.54) is 16.6 Å². The fourth-order valence-electron chi connectivity index (χ4n) is 3.12. The number of benzene rings is 1. The third-order valence-electron chi connectivity index (χ3n) is 4.46. The number of pyridine rings is 1. The van der Waals surface area contributed by atoms with Gasteiger partial charge in [-0.25, -0.2) is 9.78 Å². The number of hydrogen-bond donors (Lipinski definition) is 1. The smallest absolute Gasteiger partial charge is 0.339 e. The molecule has 29 heavy (non-hydrogen) atoms. The van der Waals surface area contributed by atoms with Gasteiger partial charge in [0.25, 0.3) is 5.91 Å². The zero-order valence-electron chi connectivity index (χ0n) is 15.2. The number of amides is 1. The number of aromatic carboxylic acids is 1. The number of nitriles is 1. The van der Waals surface area contributed by atoms with Gasteiger partial charge < -0.3 is 9.51 Å². The minimum Gasteiger partial charge on any atom is -0.478 e. The van der Waals surface area contributed by atoms with E-state index in [2.05, 4.69) is 16.2 Å². The summed E-state index contributed by atoms with van der Waals surface area (Å²) in [6.07, 6.45) is 5.97. The number of aryl methyl sites for hydroxylation is 1. The lowest BCUT2D eigenvalue weighted by molar-refractivity contribution is 0.0691. The molecule has 0 bridgehead atoms. The van der Waals surface area contributed by atoms with Gasteiger partial charge in [0.05, 0.1) is 17.4 Å². The fraction of sp³-hybridized carbons (Fsp3) is 0.0500. The minimum absolute atomic E-state index is 0.103. The van der Waals surface area contributed by atoms with E-state index < -0.39 is 11.9 Å². The Bertz CT molecular complexity index is 1280. The number of fused-ring (bicyclic) bond motifs is 1. The number of anilines is 2. The van der Waals surface area contributed by atoms with Crippen LogP contribution in [0.25, 0.3) is 5.65 Å². The van der Waals surface area contributed by atoms with Crippen LogP contribution in [-0.4, -0.2) is 36.1 Å². The van der Waals surface area contributed by atoms with E-state index in [1.807, 2.05) is 0 Å². The van der Waals surface area contributed by atoms with Crippen molar-refractivity contribution < 1.29 is 14.7 Å². The van der Waals surface area contributed by atoms with Crippen molar-refractivity contribution >= 4 is 28.9 Å². The van der Waals surface area contributed by atoms with Crippen molar-refractivity contribution in [2.45, 2.75) is 0 Å². The molecule has 0 atom stereocenters. The van der Waals surface area contributed by atoms with Gasteiger partial charge in [0.1, 0.15) is 23.0 Å². The van der Waals surface area contributed by atoms with Gasteiger partial charge in [0.15, 0.2) is 0 Å². The number of carbonyl (C=O) groups is 2. The van der Waals surface area contributed by atoms with Crippen molar-refractivity contribution in [3.8, 4) is 6.07 Å². The van der Waals surface area contributed by atoms with E-state index in [4.69, 9.17) is 0 Å². The Morgan fingerprint density at radius 3 is 2.69 bits per heavy atom. The fourth-order valence-corrected chi connectivity index (χ4v) is 3.12. The average molecular weight is 386 g/mol. The van der Waals surface area contributed by atoms with Gasteiger partial charge in [-0.2, -0.15) is 10.4 Å². The maximum atomic E-state index is 13.6. The summed E-state index contributed by atoms with van der Waals surface area (Å²) in [4.78, 5) is 30.7. The van der Waals surface area contributed by atoms with E-state index in [0.29, 0.717) is 17.0 Å².